The second-order valence-electron chi connectivity index (χ2n) is 2.75. The SMILES string of the molecule is COC(=O)CCSc1ccc(F)c(Cl)c1. The fourth-order valence-electron chi connectivity index (χ4n) is 0.921. The largest absolute Gasteiger partial charge is 0.469 e. The number of hydrogen-bond donors (Lipinski definition) is 0. The Morgan fingerprint density at radius 2 is 2.33 bits per heavy atom. The van der Waals surface area contributed by atoms with Crippen molar-refractivity contribution in [2.24, 2.45) is 0 Å². The van der Waals surface area contributed by atoms with E-state index < -0.39 is 5.82 Å². The Labute approximate surface area is 96.8 Å². The van der Waals surface area contributed by atoms with Crippen LogP contribution in [0.15, 0.2) is 23.1 Å². The number of methoxy groups -OCH3 is 1. The highest BCUT2D eigenvalue weighted by Gasteiger charge is 2.03. The molecule has 82 valence electrons. The van der Waals surface area contributed by atoms with Gasteiger partial charge in [-0.15, -0.1) is 11.8 Å². The molecule has 0 aliphatic heterocycles. The quantitative estimate of drug-likeness (QED) is 0.605. The van der Waals surface area contributed by atoms with Gasteiger partial charge in [0, 0.05) is 10.6 Å². The summed E-state index contributed by atoms with van der Waals surface area (Å²) in [5, 5.41) is 0.0954. The Morgan fingerprint density at radius 3 is 2.93 bits per heavy atom. The highest BCUT2D eigenvalue weighted by molar-refractivity contribution is 7.99. The van der Waals surface area contributed by atoms with E-state index >= 15 is 0 Å². The monoisotopic (exact) mass is 248 g/mol. The van der Waals surface area contributed by atoms with Gasteiger partial charge < -0.3 is 4.74 Å². The molecule has 0 atom stereocenters. The van der Waals surface area contributed by atoms with Crippen LogP contribution in [0.2, 0.25) is 5.02 Å². The van der Waals surface area contributed by atoms with Crippen molar-refractivity contribution >= 4 is 29.3 Å². The fourth-order valence-corrected chi connectivity index (χ4v) is 2.04. The molecule has 0 amide bonds. The van der Waals surface area contributed by atoms with Gasteiger partial charge in [0.15, 0.2) is 0 Å². The van der Waals surface area contributed by atoms with E-state index in [-0.39, 0.29) is 11.0 Å². The molecule has 0 N–H and O–H groups in total. The molecule has 2 nitrogen and oxygen atoms in total. The molecular formula is C10H10ClFO2S. The van der Waals surface area contributed by atoms with Gasteiger partial charge in [0.2, 0.25) is 0 Å². The minimum atomic E-state index is -0.436. The van der Waals surface area contributed by atoms with Crippen LogP contribution in [0.5, 0.6) is 0 Å². The number of halogens is 2. The molecule has 0 aliphatic rings. The molecule has 0 fully saturated rings. The predicted molar refractivity (Wildman–Crippen MR) is 58.8 cm³/mol. The van der Waals surface area contributed by atoms with Crippen LogP contribution < -0.4 is 0 Å². The molecule has 0 bridgehead atoms. The Morgan fingerprint density at radius 1 is 1.60 bits per heavy atom. The Bertz CT molecular complexity index is 357. The number of thioether (sulfide) groups is 1. The van der Waals surface area contributed by atoms with Crippen LogP contribution in [-0.2, 0) is 9.53 Å². The summed E-state index contributed by atoms with van der Waals surface area (Å²) in [5.41, 5.74) is 0. The third-order valence-corrected chi connectivity index (χ3v) is 2.98. The summed E-state index contributed by atoms with van der Waals surface area (Å²) in [7, 11) is 1.35. The van der Waals surface area contributed by atoms with Crippen LogP contribution in [-0.4, -0.2) is 18.8 Å². The lowest BCUT2D eigenvalue weighted by Gasteiger charge is -2.02. The number of carbonyl (C=O) groups is 1. The van der Waals surface area contributed by atoms with Gasteiger partial charge in [-0.1, -0.05) is 11.6 Å². The third kappa shape index (κ3) is 4.10. The van der Waals surface area contributed by atoms with E-state index in [9.17, 15) is 9.18 Å². The van der Waals surface area contributed by atoms with Crippen LogP contribution in [0, 0.1) is 5.82 Å². The molecule has 1 aromatic rings. The first-order valence-electron chi connectivity index (χ1n) is 4.28. The Hall–Kier alpha value is -0.740. The summed E-state index contributed by atoms with van der Waals surface area (Å²) in [5.74, 6) is -0.0982. The lowest BCUT2D eigenvalue weighted by molar-refractivity contribution is -0.140. The Balaban J connectivity index is 2.44. The van der Waals surface area contributed by atoms with Gasteiger partial charge in [-0.25, -0.2) is 4.39 Å². The van der Waals surface area contributed by atoms with Crippen LogP contribution >= 0.6 is 23.4 Å². The highest BCUT2D eigenvalue weighted by atomic mass is 35.5. The molecule has 0 aliphatic carbocycles. The molecule has 0 aromatic heterocycles. The molecule has 0 heterocycles. The zero-order valence-electron chi connectivity index (χ0n) is 8.13. The van der Waals surface area contributed by atoms with Crippen molar-refractivity contribution in [3.8, 4) is 0 Å². The molecule has 0 saturated carbocycles. The molecule has 1 aromatic carbocycles. The number of carbonyl (C=O) groups excluding carboxylic acids is 1. The van der Waals surface area contributed by atoms with Crippen molar-refractivity contribution in [1.29, 1.82) is 0 Å². The van der Waals surface area contributed by atoms with Crippen molar-refractivity contribution < 1.29 is 13.9 Å². The van der Waals surface area contributed by atoms with E-state index in [2.05, 4.69) is 4.74 Å². The molecule has 0 spiro atoms. The van der Waals surface area contributed by atoms with Crippen LogP contribution in [0.25, 0.3) is 0 Å². The van der Waals surface area contributed by atoms with Crippen molar-refractivity contribution in [1.82, 2.24) is 0 Å². The average molecular weight is 249 g/mol. The van der Waals surface area contributed by atoms with Crippen molar-refractivity contribution in [2.75, 3.05) is 12.9 Å². The molecule has 0 saturated heterocycles. The second-order valence-corrected chi connectivity index (χ2v) is 4.33. The number of hydrogen-bond acceptors (Lipinski definition) is 3. The summed E-state index contributed by atoms with van der Waals surface area (Å²) >= 11 is 7.04. The number of benzene rings is 1. The maximum absolute atomic E-state index is 12.8. The van der Waals surface area contributed by atoms with Gasteiger partial charge in [0.25, 0.3) is 0 Å². The first-order valence-corrected chi connectivity index (χ1v) is 5.64. The minimum absolute atomic E-state index is 0.0954. The second kappa shape index (κ2) is 5.98. The van der Waals surface area contributed by atoms with Crippen molar-refractivity contribution in [3.63, 3.8) is 0 Å². The lowest BCUT2D eigenvalue weighted by Crippen LogP contribution is -2.00. The van der Waals surface area contributed by atoms with Crippen LogP contribution in [0.3, 0.4) is 0 Å². The first-order chi connectivity index (χ1) is 7.13. The number of esters is 1. The van der Waals surface area contributed by atoms with Crippen LogP contribution in [0.1, 0.15) is 6.42 Å². The number of rotatable bonds is 4. The molecule has 1 rings (SSSR count). The van der Waals surface area contributed by atoms with Gasteiger partial charge in [-0.2, -0.15) is 0 Å². The molecule has 0 unspecified atom stereocenters. The summed E-state index contributed by atoms with van der Waals surface area (Å²) < 4.78 is 17.3. The smallest absolute Gasteiger partial charge is 0.306 e. The van der Waals surface area contributed by atoms with Crippen LogP contribution in [0.4, 0.5) is 4.39 Å². The van der Waals surface area contributed by atoms with Gasteiger partial charge >= 0.3 is 5.97 Å². The zero-order chi connectivity index (χ0) is 11.3. The summed E-state index contributed by atoms with van der Waals surface area (Å²) in [6.45, 7) is 0. The minimum Gasteiger partial charge on any atom is -0.469 e. The van der Waals surface area contributed by atoms with Crippen molar-refractivity contribution in [3.05, 3.63) is 29.0 Å². The van der Waals surface area contributed by atoms with E-state index in [4.69, 9.17) is 11.6 Å². The summed E-state index contributed by atoms with van der Waals surface area (Å²) in [6.07, 6.45) is 0.330. The summed E-state index contributed by atoms with van der Waals surface area (Å²) in [4.78, 5) is 11.6. The van der Waals surface area contributed by atoms with E-state index in [1.807, 2.05) is 0 Å². The molecule has 0 radical (unpaired) electrons. The topological polar surface area (TPSA) is 26.3 Å². The van der Waals surface area contributed by atoms with Gasteiger partial charge in [0.05, 0.1) is 18.6 Å². The van der Waals surface area contributed by atoms with E-state index in [0.29, 0.717) is 12.2 Å². The van der Waals surface area contributed by atoms with E-state index in [1.54, 1.807) is 12.1 Å². The van der Waals surface area contributed by atoms with Gasteiger partial charge in [-0.05, 0) is 18.2 Å². The van der Waals surface area contributed by atoms with Gasteiger partial charge in [0.1, 0.15) is 5.82 Å². The maximum atomic E-state index is 12.8. The lowest BCUT2D eigenvalue weighted by atomic mass is 10.3. The predicted octanol–water partition coefficient (Wildman–Crippen LogP) is 3.13. The summed E-state index contributed by atoms with van der Waals surface area (Å²) in [6, 6.07) is 4.48. The average Bonchev–Trinajstić information content (AvgIpc) is 2.23. The fraction of sp³-hybridized carbons (Fsp3) is 0.300. The first kappa shape index (κ1) is 12.3. The molecule has 5 heteroatoms. The van der Waals surface area contributed by atoms with Crippen molar-refractivity contribution in [2.45, 2.75) is 11.3 Å². The van der Waals surface area contributed by atoms with Gasteiger partial charge in [-0.3, -0.25) is 4.79 Å². The third-order valence-electron chi connectivity index (χ3n) is 1.69. The standard InChI is InChI=1S/C10H10ClFO2S/c1-14-10(13)4-5-15-7-2-3-9(12)8(11)6-7/h2-3,6H,4-5H2,1H3. The highest BCUT2D eigenvalue weighted by Crippen LogP contribution is 2.24. The maximum Gasteiger partial charge on any atom is 0.306 e. The molecule has 15 heavy (non-hydrogen) atoms. The Kier molecular flexibility index (Phi) is 4.91. The van der Waals surface area contributed by atoms with E-state index in [0.717, 1.165) is 4.90 Å². The molecular weight excluding hydrogens is 239 g/mol. The van der Waals surface area contributed by atoms with E-state index in [1.165, 1.54) is 24.9 Å². The zero-order valence-corrected chi connectivity index (χ0v) is 9.70. The normalized spacial score (nSPS) is 10.1. The number of ether oxygens (including phenoxy) is 1.